The number of aryl methyl sites for hydroxylation is 1. The van der Waals surface area contributed by atoms with Gasteiger partial charge in [-0.15, -0.1) is 11.3 Å². The molecule has 0 fully saturated rings. The molecule has 124 valence electrons. The van der Waals surface area contributed by atoms with Crippen molar-refractivity contribution in [2.24, 2.45) is 0 Å². The van der Waals surface area contributed by atoms with Crippen LogP contribution >= 0.6 is 11.3 Å². The molecule has 0 saturated heterocycles. The number of fused-ring (bicyclic) bond motifs is 1. The van der Waals surface area contributed by atoms with Crippen LogP contribution in [-0.2, 0) is 16.1 Å². The highest BCUT2D eigenvalue weighted by molar-refractivity contribution is 7.16. The second-order valence-corrected chi connectivity index (χ2v) is 5.89. The van der Waals surface area contributed by atoms with Crippen LogP contribution in [0.5, 0.6) is 0 Å². The summed E-state index contributed by atoms with van der Waals surface area (Å²) in [6.07, 6.45) is 1.62. The Morgan fingerprint density at radius 2 is 2.17 bits per heavy atom. The summed E-state index contributed by atoms with van der Waals surface area (Å²) < 4.78 is 1.44. The van der Waals surface area contributed by atoms with Crippen LogP contribution in [0, 0.1) is 0 Å². The van der Waals surface area contributed by atoms with E-state index in [2.05, 4.69) is 10.3 Å². The maximum Gasteiger partial charge on any atom is 0.262 e. The van der Waals surface area contributed by atoms with E-state index in [-0.39, 0.29) is 36.9 Å². The fraction of sp³-hybridized carbons (Fsp3) is 0.467. The summed E-state index contributed by atoms with van der Waals surface area (Å²) in [7, 11) is 0. The first-order chi connectivity index (χ1) is 11.1. The Balaban J connectivity index is 2.00. The van der Waals surface area contributed by atoms with Crippen molar-refractivity contribution in [2.45, 2.75) is 26.8 Å². The number of amides is 2. The van der Waals surface area contributed by atoms with Gasteiger partial charge in [-0.05, 0) is 25.3 Å². The van der Waals surface area contributed by atoms with Crippen molar-refractivity contribution in [3.63, 3.8) is 0 Å². The lowest BCUT2D eigenvalue weighted by molar-refractivity contribution is -0.136. The van der Waals surface area contributed by atoms with Gasteiger partial charge < -0.3 is 10.2 Å². The van der Waals surface area contributed by atoms with Crippen LogP contribution in [0.1, 0.15) is 20.3 Å². The molecule has 7 nitrogen and oxygen atoms in total. The Hall–Kier alpha value is -2.22. The second-order valence-electron chi connectivity index (χ2n) is 4.99. The second kappa shape index (κ2) is 7.87. The van der Waals surface area contributed by atoms with Gasteiger partial charge >= 0.3 is 0 Å². The van der Waals surface area contributed by atoms with Crippen molar-refractivity contribution in [2.75, 3.05) is 19.6 Å². The van der Waals surface area contributed by atoms with Gasteiger partial charge in [-0.1, -0.05) is 0 Å². The maximum atomic E-state index is 12.2. The Bertz CT molecular complexity index is 753. The summed E-state index contributed by atoms with van der Waals surface area (Å²) in [4.78, 5) is 42.4. The number of carbonyl (C=O) groups excluding carboxylic acids is 2. The highest BCUT2D eigenvalue weighted by Crippen LogP contribution is 2.13. The van der Waals surface area contributed by atoms with E-state index in [1.54, 1.807) is 6.07 Å². The van der Waals surface area contributed by atoms with Crippen molar-refractivity contribution in [3.05, 3.63) is 28.1 Å². The molecule has 1 N–H and O–H groups in total. The average molecular weight is 336 g/mol. The first-order valence-electron chi connectivity index (χ1n) is 7.53. The summed E-state index contributed by atoms with van der Waals surface area (Å²) in [5.74, 6) is -0.336. The van der Waals surface area contributed by atoms with Crippen molar-refractivity contribution in [3.8, 4) is 0 Å². The van der Waals surface area contributed by atoms with E-state index < -0.39 is 0 Å². The van der Waals surface area contributed by atoms with Gasteiger partial charge in [0.15, 0.2) is 0 Å². The van der Waals surface area contributed by atoms with E-state index in [4.69, 9.17) is 0 Å². The predicted octanol–water partition coefficient (Wildman–Crippen LogP) is 0.833. The fourth-order valence-corrected chi connectivity index (χ4v) is 2.95. The molecule has 0 aliphatic heterocycles. The molecule has 0 atom stereocenters. The van der Waals surface area contributed by atoms with Crippen LogP contribution in [-0.4, -0.2) is 45.9 Å². The molecule has 2 aromatic rings. The molecule has 23 heavy (non-hydrogen) atoms. The molecule has 0 radical (unpaired) electrons. The van der Waals surface area contributed by atoms with Gasteiger partial charge in [0.05, 0.1) is 18.3 Å². The van der Waals surface area contributed by atoms with E-state index in [1.807, 2.05) is 19.2 Å². The minimum atomic E-state index is -0.179. The molecule has 8 heteroatoms. The van der Waals surface area contributed by atoms with Crippen molar-refractivity contribution < 1.29 is 9.59 Å². The quantitative estimate of drug-likeness (QED) is 0.812. The van der Waals surface area contributed by atoms with Crippen LogP contribution in [0.3, 0.4) is 0 Å². The standard InChI is InChI=1S/C15H20N4O3S/c1-3-16-12(20)9-18(4-2)13(21)5-7-19-10-17-14-11(15(19)22)6-8-23-14/h6,8,10H,3-5,7,9H2,1-2H3,(H,16,20). The lowest BCUT2D eigenvalue weighted by atomic mass is 10.3. The summed E-state index contributed by atoms with van der Waals surface area (Å²) in [5.41, 5.74) is -0.143. The van der Waals surface area contributed by atoms with Gasteiger partial charge in [0.2, 0.25) is 11.8 Å². The molecule has 2 rings (SSSR count). The summed E-state index contributed by atoms with van der Waals surface area (Å²) in [6, 6.07) is 1.74. The number of thiophene rings is 1. The van der Waals surface area contributed by atoms with Gasteiger partial charge in [-0.2, -0.15) is 0 Å². The third-order valence-electron chi connectivity index (χ3n) is 3.46. The van der Waals surface area contributed by atoms with E-state index in [9.17, 15) is 14.4 Å². The predicted molar refractivity (Wildman–Crippen MR) is 89.4 cm³/mol. The number of rotatable bonds is 7. The lowest BCUT2D eigenvalue weighted by Crippen LogP contribution is -2.41. The van der Waals surface area contributed by atoms with Crippen LogP contribution < -0.4 is 10.9 Å². The van der Waals surface area contributed by atoms with E-state index in [0.29, 0.717) is 23.3 Å². The van der Waals surface area contributed by atoms with Crippen LogP contribution in [0.4, 0.5) is 0 Å². The van der Waals surface area contributed by atoms with Gasteiger partial charge in [-0.25, -0.2) is 4.98 Å². The Morgan fingerprint density at radius 3 is 2.87 bits per heavy atom. The number of carbonyl (C=O) groups is 2. The average Bonchev–Trinajstić information content (AvgIpc) is 3.01. The summed E-state index contributed by atoms with van der Waals surface area (Å²) in [6.45, 7) is 4.93. The molecule has 0 unspecified atom stereocenters. The smallest absolute Gasteiger partial charge is 0.262 e. The molecule has 0 aromatic carbocycles. The van der Waals surface area contributed by atoms with Crippen LogP contribution in [0.2, 0.25) is 0 Å². The third kappa shape index (κ3) is 4.16. The van der Waals surface area contributed by atoms with Gasteiger partial charge in [0, 0.05) is 26.1 Å². The number of nitrogens with one attached hydrogen (secondary N) is 1. The lowest BCUT2D eigenvalue weighted by Gasteiger charge is -2.20. The third-order valence-corrected chi connectivity index (χ3v) is 4.28. The van der Waals surface area contributed by atoms with E-state index in [0.717, 1.165) is 0 Å². The van der Waals surface area contributed by atoms with Crippen molar-refractivity contribution in [1.29, 1.82) is 0 Å². The van der Waals surface area contributed by atoms with Crippen molar-refractivity contribution in [1.82, 2.24) is 19.8 Å². The number of nitrogens with zero attached hydrogens (tertiary/aromatic N) is 3. The largest absolute Gasteiger partial charge is 0.355 e. The Kier molecular flexibility index (Phi) is 5.86. The van der Waals surface area contributed by atoms with Gasteiger partial charge in [0.25, 0.3) is 5.56 Å². The highest BCUT2D eigenvalue weighted by Gasteiger charge is 2.15. The summed E-state index contributed by atoms with van der Waals surface area (Å²) >= 11 is 1.41. The highest BCUT2D eigenvalue weighted by atomic mass is 32.1. The minimum absolute atomic E-state index is 0.0416. The molecule has 0 aliphatic carbocycles. The molecule has 2 amide bonds. The first-order valence-corrected chi connectivity index (χ1v) is 8.41. The van der Waals surface area contributed by atoms with E-state index in [1.165, 1.54) is 27.1 Å². The minimum Gasteiger partial charge on any atom is -0.355 e. The first kappa shape index (κ1) is 17.1. The summed E-state index contributed by atoms with van der Waals surface area (Å²) in [5, 5.41) is 5.06. The molecule has 0 spiro atoms. The molecule has 0 saturated carbocycles. The zero-order chi connectivity index (χ0) is 16.8. The SMILES string of the molecule is CCNC(=O)CN(CC)C(=O)CCn1cnc2sccc2c1=O. The molecule has 2 heterocycles. The van der Waals surface area contributed by atoms with Gasteiger partial charge in [0.1, 0.15) is 4.83 Å². The van der Waals surface area contributed by atoms with Gasteiger partial charge in [-0.3, -0.25) is 19.0 Å². The monoisotopic (exact) mass is 336 g/mol. The molecule has 0 bridgehead atoms. The molecular weight excluding hydrogens is 316 g/mol. The van der Waals surface area contributed by atoms with E-state index >= 15 is 0 Å². The zero-order valence-electron chi connectivity index (χ0n) is 13.2. The molecule has 0 aliphatic rings. The molecule has 2 aromatic heterocycles. The maximum absolute atomic E-state index is 12.2. The Labute approximate surface area is 137 Å². The Morgan fingerprint density at radius 1 is 1.39 bits per heavy atom. The fourth-order valence-electron chi connectivity index (χ4n) is 2.23. The number of likely N-dealkylation sites (N-methyl/N-ethyl adjacent to an activating group) is 2. The number of hydrogen-bond acceptors (Lipinski definition) is 5. The zero-order valence-corrected chi connectivity index (χ0v) is 14.1. The molecular formula is C15H20N4O3S. The van der Waals surface area contributed by atoms with Crippen molar-refractivity contribution >= 4 is 33.4 Å². The number of hydrogen-bond donors (Lipinski definition) is 1. The number of aromatic nitrogens is 2. The topological polar surface area (TPSA) is 84.3 Å². The van der Waals surface area contributed by atoms with Crippen LogP contribution in [0.15, 0.2) is 22.6 Å². The normalized spacial score (nSPS) is 10.7. The van der Waals surface area contributed by atoms with Crippen LogP contribution in [0.25, 0.3) is 10.2 Å².